The first-order chi connectivity index (χ1) is 8.41. The molecule has 2 N–H and O–H groups in total. The molecule has 0 aliphatic rings. The van der Waals surface area contributed by atoms with Crippen molar-refractivity contribution in [3.05, 3.63) is 24.2 Å². The molecular formula is C11H13NO6. The zero-order valence-electron chi connectivity index (χ0n) is 9.70. The minimum atomic E-state index is -1.22. The lowest BCUT2D eigenvalue weighted by Gasteiger charge is -2.21. The molecule has 18 heavy (non-hydrogen) atoms. The molecule has 1 aromatic heterocycles. The standard InChI is InChI=1S/C11H13NO6/c1-7(11(16)17)5-12(6-9(13)14)10(15)8-3-2-4-18-8/h2-4,7H,5-6H2,1H3,(H,13,14)(H,16,17). The van der Waals surface area contributed by atoms with Gasteiger partial charge in [0, 0.05) is 6.54 Å². The first-order valence-electron chi connectivity index (χ1n) is 5.19. The third-order valence-electron chi connectivity index (χ3n) is 2.26. The van der Waals surface area contributed by atoms with Crippen molar-refractivity contribution in [1.29, 1.82) is 0 Å². The average molecular weight is 255 g/mol. The van der Waals surface area contributed by atoms with E-state index in [0.717, 1.165) is 4.90 Å². The van der Waals surface area contributed by atoms with Gasteiger partial charge in [-0.25, -0.2) is 0 Å². The predicted molar refractivity (Wildman–Crippen MR) is 59.0 cm³/mol. The molecule has 1 unspecified atom stereocenters. The van der Waals surface area contributed by atoms with Crippen LogP contribution in [0.1, 0.15) is 17.5 Å². The van der Waals surface area contributed by atoms with Crippen LogP contribution in [0.15, 0.2) is 22.8 Å². The molecule has 0 spiro atoms. The molecule has 1 atom stereocenters. The smallest absolute Gasteiger partial charge is 0.323 e. The molecular weight excluding hydrogens is 242 g/mol. The summed E-state index contributed by atoms with van der Waals surface area (Å²) in [5.74, 6) is -3.84. The van der Waals surface area contributed by atoms with Gasteiger partial charge in [-0.05, 0) is 12.1 Å². The van der Waals surface area contributed by atoms with E-state index in [4.69, 9.17) is 14.6 Å². The van der Waals surface area contributed by atoms with Gasteiger partial charge in [-0.15, -0.1) is 0 Å². The Morgan fingerprint density at radius 1 is 1.39 bits per heavy atom. The number of nitrogens with zero attached hydrogens (tertiary/aromatic N) is 1. The van der Waals surface area contributed by atoms with E-state index in [1.807, 2.05) is 0 Å². The number of hydrogen-bond donors (Lipinski definition) is 2. The number of carboxylic acid groups (broad SMARTS) is 2. The Kier molecular flexibility index (Phi) is 4.47. The molecule has 1 amide bonds. The first-order valence-corrected chi connectivity index (χ1v) is 5.19. The number of furan rings is 1. The van der Waals surface area contributed by atoms with E-state index in [-0.39, 0.29) is 12.3 Å². The van der Waals surface area contributed by atoms with E-state index in [2.05, 4.69) is 0 Å². The summed E-state index contributed by atoms with van der Waals surface area (Å²) in [5, 5.41) is 17.5. The minimum absolute atomic E-state index is 0.0196. The monoisotopic (exact) mass is 255 g/mol. The van der Waals surface area contributed by atoms with Crippen LogP contribution in [0, 0.1) is 5.92 Å². The molecule has 0 radical (unpaired) electrons. The van der Waals surface area contributed by atoms with Crippen LogP contribution in [0.5, 0.6) is 0 Å². The van der Waals surface area contributed by atoms with Crippen molar-refractivity contribution in [2.24, 2.45) is 5.92 Å². The van der Waals surface area contributed by atoms with E-state index < -0.39 is 30.3 Å². The van der Waals surface area contributed by atoms with E-state index in [1.54, 1.807) is 0 Å². The number of carbonyl (C=O) groups is 3. The Morgan fingerprint density at radius 3 is 2.50 bits per heavy atom. The molecule has 1 rings (SSSR count). The van der Waals surface area contributed by atoms with E-state index >= 15 is 0 Å². The summed E-state index contributed by atoms with van der Waals surface area (Å²) in [6, 6.07) is 2.88. The van der Waals surface area contributed by atoms with Crippen LogP contribution >= 0.6 is 0 Å². The van der Waals surface area contributed by atoms with Crippen molar-refractivity contribution in [3.63, 3.8) is 0 Å². The van der Waals surface area contributed by atoms with Crippen molar-refractivity contribution >= 4 is 17.8 Å². The third kappa shape index (κ3) is 3.62. The van der Waals surface area contributed by atoms with Crippen LogP contribution in [0.25, 0.3) is 0 Å². The quantitative estimate of drug-likeness (QED) is 0.767. The molecule has 98 valence electrons. The van der Waals surface area contributed by atoms with Gasteiger partial charge in [0.2, 0.25) is 0 Å². The van der Waals surface area contributed by atoms with Gasteiger partial charge in [0.1, 0.15) is 6.54 Å². The molecule has 0 aliphatic carbocycles. The Balaban J connectivity index is 2.81. The fraction of sp³-hybridized carbons (Fsp3) is 0.364. The number of carbonyl (C=O) groups excluding carboxylic acids is 1. The number of amides is 1. The van der Waals surface area contributed by atoms with Crippen molar-refractivity contribution < 1.29 is 29.0 Å². The highest BCUT2D eigenvalue weighted by Gasteiger charge is 2.24. The summed E-state index contributed by atoms with van der Waals surface area (Å²) in [6.07, 6.45) is 1.28. The van der Waals surface area contributed by atoms with Gasteiger partial charge in [-0.2, -0.15) is 0 Å². The number of aliphatic carboxylic acids is 2. The summed E-state index contributed by atoms with van der Waals surface area (Å²) in [6.45, 7) is 0.630. The average Bonchev–Trinajstić information content (AvgIpc) is 2.79. The molecule has 0 fully saturated rings. The molecule has 0 aliphatic heterocycles. The lowest BCUT2D eigenvalue weighted by atomic mass is 10.1. The van der Waals surface area contributed by atoms with Crippen molar-refractivity contribution in [2.75, 3.05) is 13.1 Å². The maximum absolute atomic E-state index is 11.9. The second kappa shape index (κ2) is 5.85. The second-order valence-corrected chi connectivity index (χ2v) is 3.80. The first kappa shape index (κ1) is 13.8. The third-order valence-corrected chi connectivity index (χ3v) is 2.26. The van der Waals surface area contributed by atoms with Gasteiger partial charge in [-0.1, -0.05) is 6.92 Å². The van der Waals surface area contributed by atoms with Crippen LogP contribution < -0.4 is 0 Å². The Labute approximate surface area is 103 Å². The SMILES string of the molecule is CC(CN(CC(=O)O)C(=O)c1ccco1)C(=O)O. The van der Waals surface area contributed by atoms with E-state index in [9.17, 15) is 14.4 Å². The molecule has 1 heterocycles. The molecule has 1 aromatic rings. The Bertz CT molecular complexity index is 438. The van der Waals surface area contributed by atoms with Gasteiger partial charge < -0.3 is 19.5 Å². The van der Waals surface area contributed by atoms with Gasteiger partial charge in [0.15, 0.2) is 5.76 Å². The highest BCUT2D eigenvalue weighted by molar-refractivity contribution is 5.93. The number of carboxylic acids is 2. The number of rotatable bonds is 6. The summed E-state index contributed by atoms with van der Waals surface area (Å²) in [5.41, 5.74) is 0. The summed E-state index contributed by atoms with van der Waals surface area (Å²) in [4.78, 5) is 34.2. The van der Waals surface area contributed by atoms with Gasteiger partial charge in [0.05, 0.1) is 12.2 Å². The Hall–Kier alpha value is -2.31. The summed E-state index contributed by atoms with van der Waals surface area (Å²) >= 11 is 0. The Morgan fingerprint density at radius 2 is 2.06 bits per heavy atom. The van der Waals surface area contributed by atoms with E-state index in [0.29, 0.717) is 0 Å². The lowest BCUT2D eigenvalue weighted by Crippen LogP contribution is -2.40. The fourth-order valence-electron chi connectivity index (χ4n) is 1.35. The normalized spacial score (nSPS) is 11.8. The molecule has 0 saturated carbocycles. The second-order valence-electron chi connectivity index (χ2n) is 3.80. The zero-order chi connectivity index (χ0) is 13.7. The van der Waals surface area contributed by atoms with Crippen molar-refractivity contribution in [2.45, 2.75) is 6.92 Å². The fourth-order valence-corrected chi connectivity index (χ4v) is 1.35. The van der Waals surface area contributed by atoms with Crippen LogP contribution in [-0.2, 0) is 9.59 Å². The summed E-state index contributed by atoms with van der Waals surface area (Å²) in [7, 11) is 0. The highest BCUT2D eigenvalue weighted by Crippen LogP contribution is 2.08. The largest absolute Gasteiger partial charge is 0.481 e. The number of hydrogen-bond acceptors (Lipinski definition) is 4. The van der Waals surface area contributed by atoms with Gasteiger partial charge >= 0.3 is 11.9 Å². The van der Waals surface area contributed by atoms with Crippen LogP contribution in [0.2, 0.25) is 0 Å². The van der Waals surface area contributed by atoms with Crippen LogP contribution in [-0.4, -0.2) is 46.0 Å². The van der Waals surface area contributed by atoms with Crippen LogP contribution in [0.3, 0.4) is 0 Å². The maximum atomic E-state index is 11.9. The predicted octanol–water partition coefficient (Wildman–Crippen LogP) is 0.527. The minimum Gasteiger partial charge on any atom is -0.481 e. The molecule has 7 nitrogen and oxygen atoms in total. The van der Waals surface area contributed by atoms with Gasteiger partial charge in [-0.3, -0.25) is 14.4 Å². The molecule has 0 saturated heterocycles. The van der Waals surface area contributed by atoms with Gasteiger partial charge in [0.25, 0.3) is 5.91 Å². The lowest BCUT2D eigenvalue weighted by molar-refractivity contribution is -0.143. The molecule has 0 bridgehead atoms. The zero-order valence-corrected chi connectivity index (χ0v) is 9.70. The highest BCUT2D eigenvalue weighted by atomic mass is 16.4. The van der Waals surface area contributed by atoms with Crippen LogP contribution in [0.4, 0.5) is 0 Å². The molecule has 0 aromatic carbocycles. The molecule has 7 heteroatoms. The summed E-state index contributed by atoms with van der Waals surface area (Å²) < 4.78 is 4.87. The van der Waals surface area contributed by atoms with Crippen molar-refractivity contribution in [1.82, 2.24) is 4.90 Å². The maximum Gasteiger partial charge on any atom is 0.323 e. The topological polar surface area (TPSA) is 108 Å². The van der Waals surface area contributed by atoms with E-state index in [1.165, 1.54) is 25.3 Å². The van der Waals surface area contributed by atoms with Crippen molar-refractivity contribution in [3.8, 4) is 0 Å².